The number of nitrogens with zero attached hydrogens (tertiary/aromatic N) is 2. The smallest absolute Gasteiger partial charge is 0.356 e. The normalized spacial score (nSPS) is 25.2. The van der Waals surface area contributed by atoms with Crippen LogP contribution in [0.15, 0.2) is 0 Å². The van der Waals surface area contributed by atoms with E-state index in [1.807, 2.05) is 0 Å². The molecule has 2 aliphatic rings. The molecule has 104 valence electrons. The molecule has 1 atom stereocenters. The number of rotatable bonds is 2. The molecule has 1 aromatic heterocycles. The number of fused-ring (bicyclic) bond motifs is 1. The van der Waals surface area contributed by atoms with Crippen LogP contribution in [0.2, 0.25) is 0 Å². The number of carboxylic acid groups (broad SMARTS) is 1. The Kier molecular flexibility index (Phi) is 2.88. The van der Waals surface area contributed by atoms with E-state index in [1.54, 1.807) is 4.68 Å². The van der Waals surface area contributed by atoms with Gasteiger partial charge in [-0.1, -0.05) is 0 Å². The lowest BCUT2D eigenvalue weighted by atomic mass is 9.95. The summed E-state index contributed by atoms with van der Waals surface area (Å²) in [4.78, 5) is 11.2. The molecule has 0 bridgehead atoms. The van der Waals surface area contributed by atoms with Gasteiger partial charge in [0.15, 0.2) is 15.5 Å². The molecular formula is C12H16N2O4S. The van der Waals surface area contributed by atoms with Crippen LogP contribution in [-0.2, 0) is 22.7 Å². The van der Waals surface area contributed by atoms with Gasteiger partial charge in [-0.05, 0) is 32.1 Å². The van der Waals surface area contributed by atoms with Crippen LogP contribution in [0.3, 0.4) is 0 Å². The van der Waals surface area contributed by atoms with Crippen molar-refractivity contribution in [3.8, 4) is 0 Å². The summed E-state index contributed by atoms with van der Waals surface area (Å²) in [6.07, 6.45) is 4.05. The van der Waals surface area contributed by atoms with Crippen LogP contribution in [0, 0.1) is 0 Å². The van der Waals surface area contributed by atoms with Gasteiger partial charge in [-0.25, -0.2) is 13.2 Å². The molecule has 0 amide bonds. The monoisotopic (exact) mass is 284 g/mol. The second-order valence-corrected chi connectivity index (χ2v) is 7.52. The largest absolute Gasteiger partial charge is 0.476 e. The molecule has 7 heteroatoms. The van der Waals surface area contributed by atoms with Gasteiger partial charge in [-0.3, -0.25) is 4.68 Å². The molecule has 1 fully saturated rings. The van der Waals surface area contributed by atoms with Gasteiger partial charge in [0.25, 0.3) is 0 Å². The maximum Gasteiger partial charge on any atom is 0.356 e. The number of carboxylic acids is 1. The molecule has 19 heavy (non-hydrogen) atoms. The lowest BCUT2D eigenvalue weighted by Crippen LogP contribution is -2.17. The molecule has 0 radical (unpaired) electrons. The highest BCUT2D eigenvalue weighted by atomic mass is 32.2. The predicted molar refractivity (Wildman–Crippen MR) is 68.1 cm³/mol. The molecule has 2 heterocycles. The zero-order chi connectivity index (χ0) is 13.6. The molecule has 1 aromatic rings. The van der Waals surface area contributed by atoms with Crippen LogP contribution in [0.1, 0.15) is 47.1 Å². The number of hydrogen-bond acceptors (Lipinski definition) is 4. The molecular weight excluding hydrogens is 268 g/mol. The predicted octanol–water partition coefficient (Wildman–Crippen LogP) is 0.820. The van der Waals surface area contributed by atoms with Crippen molar-refractivity contribution in [1.29, 1.82) is 0 Å². The fraction of sp³-hybridized carbons (Fsp3) is 0.667. The van der Waals surface area contributed by atoms with Crippen LogP contribution in [0.4, 0.5) is 0 Å². The van der Waals surface area contributed by atoms with Gasteiger partial charge < -0.3 is 5.11 Å². The lowest BCUT2D eigenvalue weighted by Gasteiger charge is -2.17. The Morgan fingerprint density at radius 2 is 2.05 bits per heavy atom. The second kappa shape index (κ2) is 4.33. The Hall–Kier alpha value is -1.37. The van der Waals surface area contributed by atoms with E-state index in [1.165, 1.54) is 0 Å². The van der Waals surface area contributed by atoms with Crippen molar-refractivity contribution < 1.29 is 18.3 Å². The minimum absolute atomic E-state index is 0.0835. The fourth-order valence-corrected chi connectivity index (χ4v) is 4.76. The van der Waals surface area contributed by atoms with Gasteiger partial charge >= 0.3 is 5.97 Å². The number of carbonyl (C=O) groups is 1. The quantitative estimate of drug-likeness (QED) is 0.868. The van der Waals surface area contributed by atoms with Gasteiger partial charge in [0.1, 0.15) is 0 Å². The van der Waals surface area contributed by atoms with Gasteiger partial charge in [-0.15, -0.1) is 0 Å². The number of sulfone groups is 1. The van der Waals surface area contributed by atoms with E-state index in [2.05, 4.69) is 5.10 Å². The van der Waals surface area contributed by atoms with Crippen molar-refractivity contribution in [3.05, 3.63) is 17.0 Å². The van der Waals surface area contributed by atoms with E-state index >= 15 is 0 Å². The van der Waals surface area contributed by atoms with Crippen LogP contribution in [0.25, 0.3) is 0 Å². The minimum atomic E-state index is -2.99. The third kappa shape index (κ3) is 2.16. The zero-order valence-corrected chi connectivity index (χ0v) is 11.3. The summed E-state index contributed by atoms with van der Waals surface area (Å²) in [5, 5.41) is 13.4. The van der Waals surface area contributed by atoms with E-state index in [-0.39, 0.29) is 23.2 Å². The third-order valence-electron chi connectivity index (χ3n) is 3.97. The Morgan fingerprint density at radius 1 is 1.32 bits per heavy atom. The Balaban J connectivity index is 2.05. The standard InChI is InChI=1S/C12H16N2O4S/c15-12(16)11-9-3-1-2-4-10(9)14(13-11)8-5-6-19(17,18)7-8/h8H,1-7H2,(H,15,16)/t8-/m0/s1. The van der Waals surface area contributed by atoms with E-state index in [0.29, 0.717) is 6.42 Å². The first-order valence-electron chi connectivity index (χ1n) is 6.52. The van der Waals surface area contributed by atoms with Crippen molar-refractivity contribution in [2.45, 2.75) is 38.1 Å². The highest BCUT2D eigenvalue weighted by Gasteiger charge is 2.34. The third-order valence-corrected chi connectivity index (χ3v) is 5.72. The van der Waals surface area contributed by atoms with Crippen molar-refractivity contribution in [3.63, 3.8) is 0 Å². The molecule has 1 N–H and O–H groups in total. The van der Waals surface area contributed by atoms with Crippen molar-refractivity contribution in [2.24, 2.45) is 0 Å². The van der Waals surface area contributed by atoms with E-state index in [9.17, 15) is 18.3 Å². The van der Waals surface area contributed by atoms with Crippen LogP contribution in [-0.4, -0.2) is 40.8 Å². The van der Waals surface area contributed by atoms with Gasteiger partial charge in [0, 0.05) is 11.3 Å². The zero-order valence-electron chi connectivity index (χ0n) is 10.5. The summed E-state index contributed by atoms with van der Waals surface area (Å²) in [5.74, 6) is -0.757. The SMILES string of the molecule is O=C(O)c1nn([C@H]2CCS(=O)(=O)C2)c2c1CCCC2. The van der Waals surface area contributed by atoms with Gasteiger partial charge in [0.05, 0.1) is 17.5 Å². The number of aromatic nitrogens is 2. The van der Waals surface area contributed by atoms with Crippen molar-refractivity contribution >= 4 is 15.8 Å². The lowest BCUT2D eigenvalue weighted by molar-refractivity contribution is 0.0688. The Morgan fingerprint density at radius 3 is 2.68 bits per heavy atom. The molecule has 0 spiro atoms. The first kappa shape index (κ1) is 12.7. The molecule has 6 nitrogen and oxygen atoms in total. The van der Waals surface area contributed by atoms with E-state index in [0.717, 1.165) is 36.9 Å². The summed E-state index contributed by atoms with van der Waals surface area (Å²) in [6.45, 7) is 0. The first-order chi connectivity index (χ1) is 8.98. The van der Waals surface area contributed by atoms with Crippen LogP contribution in [0.5, 0.6) is 0 Å². The average Bonchev–Trinajstić information content (AvgIpc) is 2.89. The number of aromatic carboxylic acids is 1. The summed E-state index contributed by atoms with van der Waals surface area (Å²) < 4.78 is 24.8. The maximum absolute atomic E-state index is 11.6. The van der Waals surface area contributed by atoms with E-state index < -0.39 is 15.8 Å². The second-order valence-electron chi connectivity index (χ2n) is 5.29. The maximum atomic E-state index is 11.6. The molecule has 1 aliphatic heterocycles. The van der Waals surface area contributed by atoms with Crippen molar-refractivity contribution in [1.82, 2.24) is 9.78 Å². The molecule has 3 rings (SSSR count). The van der Waals surface area contributed by atoms with Gasteiger partial charge in [-0.2, -0.15) is 5.10 Å². The summed E-state index contributed by atoms with van der Waals surface area (Å²) in [7, 11) is -2.99. The topological polar surface area (TPSA) is 89.3 Å². The van der Waals surface area contributed by atoms with Crippen LogP contribution >= 0.6 is 0 Å². The van der Waals surface area contributed by atoms with E-state index in [4.69, 9.17) is 0 Å². The Labute approximate surface area is 111 Å². The van der Waals surface area contributed by atoms with Gasteiger partial charge in [0.2, 0.25) is 0 Å². The average molecular weight is 284 g/mol. The fourth-order valence-electron chi connectivity index (χ4n) is 3.07. The first-order valence-corrected chi connectivity index (χ1v) is 8.34. The van der Waals surface area contributed by atoms with Crippen molar-refractivity contribution in [2.75, 3.05) is 11.5 Å². The summed E-state index contributed by atoms with van der Waals surface area (Å²) >= 11 is 0. The molecule has 0 aromatic carbocycles. The molecule has 0 unspecified atom stereocenters. The molecule has 0 saturated carbocycles. The number of hydrogen-bond donors (Lipinski definition) is 1. The minimum Gasteiger partial charge on any atom is -0.476 e. The highest BCUT2D eigenvalue weighted by Crippen LogP contribution is 2.31. The summed E-state index contributed by atoms with van der Waals surface area (Å²) in [5.41, 5.74) is 1.85. The molecule has 1 aliphatic carbocycles. The van der Waals surface area contributed by atoms with Crippen LogP contribution < -0.4 is 0 Å². The Bertz CT molecular complexity index is 632. The molecule has 1 saturated heterocycles. The summed E-state index contributed by atoms with van der Waals surface area (Å²) in [6, 6.07) is -0.190. The highest BCUT2D eigenvalue weighted by molar-refractivity contribution is 7.91.